The van der Waals surface area contributed by atoms with Gasteiger partial charge in [-0.05, 0) is 109 Å². The molecule has 6 N–H and O–H groups in total. The van der Waals surface area contributed by atoms with Crippen LogP contribution in [0.4, 0.5) is 10.5 Å². The van der Waals surface area contributed by atoms with E-state index in [4.69, 9.17) is 10.2 Å². The van der Waals surface area contributed by atoms with Gasteiger partial charge in [-0.15, -0.1) is 5.10 Å². The predicted octanol–water partition coefficient (Wildman–Crippen LogP) is 8.89. The van der Waals surface area contributed by atoms with E-state index in [1.54, 1.807) is 17.0 Å². The van der Waals surface area contributed by atoms with Crippen molar-refractivity contribution in [2.24, 2.45) is 5.73 Å². The molecule has 0 saturated heterocycles. The summed E-state index contributed by atoms with van der Waals surface area (Å²) < 4.78 is 8.91. The normalized spacial score (nSPS) is 16.7. The molecule has 1 saturated carbocycles. The molecule has 1 aliphatic rings. The third-order valence-electron chi connectivity index (χ3n) is 12.3. The fraction of sp³-hybridized carbons (Fsp3) is 0.391. The van der Waals surface area contributed by atoms with Crippen LogP contribution in [-0.4, -0.2) is 63.2 Å². The van der Waals surface area contributed by atoms with E-state index >= 15 is 0 Å². The van der Waals surface area contributed by atoms with Gasteiger partial charge in [0.05, 0.1) is 22.8 Å². The quantitative estimate of drug-likeness (QED) is 0.0674. The maximum absolute atomic E-state index is 12.8. The average molecular weight is 816 g/mol. The second-order valence-corrected chi connectivity index (χ2v) is 22.2. The van der Waals surface area contributed by atoms with Crippen LogP contribution in [0.3, 0.4) is 0 Å². The monoisotopic (exact) mass is 815 g/mol. The maximum Gasteiger partial charge on any atom is 0.412 e. The number of phenols is 1. The smallest absolute Gasteiger partial charge is 0.412 e. The molecule has 1 aliphatic carbocycles. The number of fused-ring (bicyclic) bond motifs is 2. The Balaban J connectivity index is 1.04. The fourth-order valence-electron chi connectivity index (χ4n) is 7.97. The molecule has 0 spiro atoms. The molecule has 1 amide bonds. The highest BCUT2D eigenvalue weighted by atomic mass is 28.4. The van der Waals surface area contributed by atoms with Crippen LogP contribution in [-0.2, 0) is 23.9 Å². The number of hydrogen-bond donors (Lipinski definition) is 5. The zero-order valence-electron chi connectivity index (χ0n) is 34.7. The van der Waals surface area contributed by atoms with Crippen molar-refractivity contribution in [3.63, 3.8) is 0 Å². The SMILES string of the molecule is CC(C)(C)[Si](C)(C)OC(CNCc1ccc2c(c1)nnn2CCCc1ccc(-c2ccccc2)c(N(C(=O)O)C2CCC(N)CC2)c1)c1ccc(O)c2[nH]c(=O)ccc12. The van der Waals surface area contributed by atoms with Crippen molar-refractivity contribution in [1.82, 2.24) is 25.3 Å². The van der Waals surface area contributed by atoms with Crippen molar-refractivity contribution in [3.8, 4) is 16.9 Å². The highest BCUT2D eigenvalue weighted by molar-refractivity contribution is 6.74. The minimum atomic E-state index is -2.22. The molecule has 7 rings (SSSR count). The van der Waals surface area contributed by atoms with Gasteiger partial charge < -0.3 is 30.7 Å². The van der Waals surface area contributed by atoms with Gasteiger partial charge in [0.25, 0.3) is 0 Å². The molecular formula is C46H57N7O5Si. The van der Waals surface area contributed by atoms with E-state index < -0.39 is 14.4 Å². The number of amides is 1. The highest BCUT2D eigenvalue weighted by Crippen LogP contribution is 2.41. The van der Waals surface area contributed by atoms with Crippen LogP contribution < -0.4 is 21.5 Å². The Hall–Kier alpha value is -5.34. The summed E-state index contributed by atoms with van der Waals surface area (Å²) in [6, 6.07) is 29.2. The first kappa shape index (κ1) is 41.8. The Labute approximate surface area is 346 Å². The molecule has 0 bridgehead atoms. The number of H-pyrrole nitrogens is 1. The van der Waals surface area contributed by atoms with Gasteiger partial charge >= 0.3 is 6.09 Å². The average Bonchev–Trinajstić information content (AvgIpc) is 3.60. The van der Waals surface area contributed by atoms with Gasteiger partial charge in [-0.3, -0.25) is 9.69 Å². The van der Waals surface area contributed by atoms with E-state index in [-0.39, 0.29) is 34.5 Å². The van der Waals surface area contributed by atoms with Crippen LogP contribution in [0.25, 0.3) is 33.1 Å². The molecule has 310 valence electrons. The minimum Gasteiger partial charge on any atom is -0.506 e. The lowest BCUT2D eigenvalue weighted by Gasteiger charge is -2.39. The zero-order chi connectivity index (χ0) is 41.9. The second kappa shape index (κ2) is 17.5. The number of carboxylic acid groups (broad SMARTS) is 1. The van der Waals surface area contributed by atoms with Crippen LogP contribution in [0, 0.1) is 0 Å². The van der Waals surface area contributed by atoms with Crippen molar-refractivity contribution >= 4 is 42.0 Å². The Morgan fingerprint density at radius 3 is 2.47 bits per heavy atom. The third kappa shape index (κ3) is 9.44. The molecule has 1 fully saturated rings. The van der Waals surface area contributed by atoms with E-state index in [0.717, 1.165) is 88.4 Å². The van der Waals surface area contributed by atoms with Gasteiger partial charge in [0.15, 0.2) is 8.32 Å². The number of aromatic amines is 1. The van der Waals surface area contributed by atoms with E-state index in [1.807, 2.05) is 41.1 Å². The predicted molar refractivity (Wildman–Crippen MR) is 237 cm³/mol. The standard InChI is InChI=1S/C46H57N7O5Si/c1-46(2,3)59(4,5)58-42(36-20-23-41(54)44-37(36)21-24-43(55)49-44)29-48-28-31-14-22-39-38(26-31)50-51-52(39)25-9-10-30-13-19-35(32-11-7-6-8-12-32)40(27-30)53(45(56)57)34-17-15-33(47)16-18-34/h6-8,11-14,19-24,26-27,33-34,42,48,54H,9-10,15-18,25,28-29,47H2,1-5H3,(H,49,55)(H,56,57). The summed E-state index contributed by atoms with van der Waals surface area (Å²) in [7, 11) is -2.22. The molecule has 59 heavy (non-hydrogen) atoms. The largest absolute Gasteiger partial charge is 0.506 e. The van der Waals surface area contributed by atoms with Crippen molar-refractivity contribution in [3.05, 3.63) is 118 Å². The molecule has 6 aromatic rings. The summed E-state index contributed by atoms with van der Waals surface area (Å²) in [6.45, 7) is 12.8. The first-order valence-corrected chi connectivity index (χ1v) is 23.6. The summed E-state index contributed by atoms with van der Waals surface area (Å²) in [4.78, 5) is 29.3. The van der Waals surface area contributed by atoms with Gasteiger partial charge in [-0.2, -0.15) is 0 Å². The van der Waals surface area contributed by atoms with Crippen LogP contribution in [0.2, 0.25) is 18.1 Å². The Kier molecular flexibility index (Phi) is 12.4. The Bertz CT molecular complexity index is 2470. The van der Waals surface area contributed by atoms with Gasteiger partial charge in [0.1, 0.15) is 11.3 Å². The number of nitrogens with zero attached hydrogens (tertiary/aromatic N) is 4. The first-order valence-electron chi connectivity index (χ1n) is 20.7. The first-order chi connectivity index (χ1) is 28.2. The van der Waals surface area contributed by atoms with Crippen molar-refractivity contribution in [2.45, 2.75) is 109 Å². The van der Waals surface area contributed by atoms with E-state index in [9.17, 15) is 19.8 Å². The molecule has 12 nitrogen and oxygen atoms in total. The molecule has 1 unspecified atom stereocenters. The molecule has 1 atom stereocenters. The van der Waals surface area contributed by atoms with Gasteiger partial charge in [0, 0.05) is 48.7 Å². The molecule has 2 heterocycles. The van der Waals surface area contributed by atoms with Crippen LogP contribution in [0.15, 0.2) is 95.8 Å². The number of nitrogens with one attached hydrogen (secondary N) is 2. The van der Waals surface area contributed by atoms with Crippen LogP contribution >= 0.6 is 0 Å². The summed E-state index contributed by atoms with van der Waals surface area (Å²) in [6.07, 6.45) is 3.41. The number of aryl methyl sites for hydroxylation is 2. The third-order valence-corrected chi connectivity index (χ3v) is 16.8. The molecule has 0 radical (unpaired) electrons. The second-order valence-electron chi connectivity index (χ2n) is 17.5. The van der Waals surface area contributed by atoms with Gasteiger partial charge in [0.2, 0.25) is 5.56 Å². The Morgan fingerprint density at radius 1 is 1.00 bits per heavy atom. The number of aromatic nitrogens is 4. The fourth-order valence-corrected chi connectivity index (χ4v) is 9.25. The molecular weight excluding hydrogens is 759 g/mol. The van der Waals surface area contributed by atoms with Gasteiger partial charge in [-0.1, -0.05) is 80.6 Å². The van der Waals surface area contributed by atoms with Crippen molar-refractivity contribution in [1.29, 1.82) is 0 Å². The van der Waals surface area contributed by atoms with E-state index in [2.05, 4.69) is 90.9 Å². The van der Waals surface area contributed by atoms with Crippen LogP contribution in [0.5, 0.6) is 5.75 Å². The summed E-state index contributed by atoms with van der Waals surface area (Å²) in [5.41, 5.74) is 13.7. The number of hydrogen-bond acceptors (Lipinski definition) is 8. The molecule has 13 heteroatoms. The van der Waals surface area contributed by atoms with Crippen molar-refractivity contribution in [2.75, 3.05) is 11.4 Å². The number of aromatic hydroxyl groups is 1. The van der Waals surface area contributed by atoms with Crippen molar-refractivity contribution < 1.29 is 19.4 Å². The van der Waals surface area contributed by atoms with Gasteiger partial charge in [-0.25, -0.2) is 9.48 Å². The number of nitrogens with two attached hydrogens (primary N) is 1. The summed E-state index contributed by atoms with van der Waals surface area (Å²) >= 11 is 0. The highest BCUT2D eigenvalue weighted by Gasteiger charge is 2.40. The summed E-state index contributed by atoms with van der Waals surface area (Å²) in [5.74, 6) is 0.0247. The number of rotatable bonds is 14. The summed E-state index contributed by atoms with van der Waals surface area (Å²) in [5, 5.41) is 34.4. The lowest BCUT2D eigenvalue weighted by Crippen LogP contribution is -2.44. The molecule has 4 aromatic carbocycles. The maximum atomic E-state index is 12.8. The Morgan fingerprint density at radius 2 is 1.75 bits per heavy atom. The number of carbonyl (C=O) groups is 1. The number of anilines is 1. The minimum absolute atomic E-state index is 0.0231. The van der Waals surface area contributed by atoms with E-state index in [1.165, 1.54) is 6.07 Å². The molecule has 2 aromatic heterocycles. The zero-order valence-corrected chi connectivity index (χ0v) is 35.7. The number of phenolic OH excluding ortho intramolecular Hbond substituents is 1. The number of pyridine rings is 1. The topological polar surface area (TPSA) is 172 Å². The van der Waals surface area contributed by atoms with E-state index in [0.29, 0.717) is 25.2 Å². The lowest BCUT2D eigenvalue weighted by atomic mass is 9.89. The van der Waals surface area contributed by atoms with Crippen LogP contribution in [0.1, 0.15) is 75.7 Å². The molecule has 0 aliphatic heterocycles. The lowest BCUT2D eigenvalue weighted by molar-refractivity contribution is 0.181. The number of benzene rings is 4.